The molecule has 2 aliphatic rings. The van der Waals surface area contributed by atoms with Gasteiger partial charge >= 0.3 is 0 Å². The van der Waals surface area contributed by atoms with Crippen LogP contribution >= 0.6 is 23.7 Å². The molecule has 4 rings (SSSR count). The van der Waals surface area contributed by atoms with E-state index < -0.39 is 0 Å². The molecule has 0 amide bonds. The van der Waals surface area contributed by atoms with E-state index in [1.807, 2.05) is 0 Å². The van der Waals surface area contributed by atoms with Crippen molar-refractivity contribution in [2.45, 2.75) is 19.4 Å². The van der Waals surface area contributed by atoms with Crippen LogP contribution in [0, 0.1) is 11.2 Å². The second-order valence-corrected chi connectivity index (χ2v) is 7.22. The fraction of sp³-hybridized carbons (Fsp3) is 0.533. The quantitative estimate of drug-likeness (QED) is 0.919. The number of likely N-dealkylation sites (tertiary alicyclic amines) is 1. The molecule has 6 heteroatoms. The van der Waals surface area contributed by atoms with Gasteiger partial charge in [0.2, 0.25) is 0 Å². The molecule has 2 aromatic rings. The highest BCUT2D eigenvalue weighted by molar-refractivity contribution is 7.18. The molecular weight excluding hydrogens is 309 g/mol. The van der Waals surface area contributed by atoms with Gasteiger partial charge in [0, 0.05) is 13.1 Å². The first-order valence-corrected chi connectivity index (χ1v) is 8.02. The Bertz CT molecular complexity index is 639. The molecule has 3 nitrogen and oxygen atoms in total. The van der Waals surface area contributed by atoms with Gasteiger partial charge in [0.05, 0.1) is 16.8 Å². The van der Waals surface area contributed by atoms with E-state index in [9.17, 15) is 4.39 Å². The zero-order valence-corrected chi connectivity index (χ0v) is 13.4. The lowest BCUT2D eigenvalue weighted by molar-refractivity contribution is 0.268. The average molecular weight is 328 g/mol. The normalized spacial score (nSPS) is 25.8. The summed E-state index contributed by atoms with van der Waals surface area (Å²) in [4.78, 5) is 7.13. The van der Waals surface area contributed by atoms with Crippen LogP contribution in [0.25, 0.3) is 10.2 Å². The first-order chi connectivity index (χ1) is 9.72. The molecule has 1 unspecified atom stereocenters. The number of thiazole rings is 1. The summed E-state index contributed by atoms with van der Waals surface area (Å²) in [5.41, 5.74) is 1.42. The average Bonchev–Trinajstić information content (AvgIpc) is 3.12. The van der Waals surface area contributed by atoms with E-state index in [1.165, 1.54) is 25.5 Å². The van der Waals surface area contributed by atoms with Gasteiger partial charge in [0.25, 0.3) is 0 Å². The fourth-order valence-corrected chi connectivity index (χ4v) is 4.55. The van der Waals surface area contributed by atoms with Gasteiger partial charge in [-0.2, -0.15) is 0 Å². The molecule has 1 N–H and O–H groups in total. The number of nitrogens with one attached hydrogen (secondary N) is 1. The maximum Gasteiger partial charge on any atom is 0.124 e. The second kappa shape index (κ2) is 5.80. The summed E-state index contributed by atoms with van der Waals surface area (Å²) in [7, 11) is 0. The number of hydrogen-bond acceptors (Lipinski definition) is 4. The molecule has 2 saturated heterocycles. The van der Waals surface area contributed by atoms with Crippen LogP contribution in [0.5, 0.6) is 0 Å². The molecule has 21 heavy (non-hydrogen) atoms. The molecule has 0 saturated carbocycles. The van der Waals surface area contributed by atoms with Gasteiger partial charge in [-0.05, 0) is 49.5 Å². The van der Waals surface area contributed by atoms with Crippen molar-refractivity contribution in [3.8, 4) is 0 Å². The zero-order chi connectivity index (χ0) is 13.6. The van der Waals surface area contributed by atoms with Crippen LogP contribution in [0.15, 0.2) is 18.2 Å². The Morgan fingerprint density at radius 1 is 1.38 bits per heavy atom. The number of aromatic nitrogens is 1. The Morgan fingerprint density at radius 3 is 3.10 bits per heavy atom. The van der Waals surface area contributed by atoms with Crippen LogP contribution < -0.4 is 5.32 Å². The van der Waals surface area contributed by atoms with Crippen LogP contribution in [-0.4, -0.2) is 36.1 Å². The van der Waals surface area contributed by atoms with Gasteiger partial charge < -0.3 is 5.32 Å². The van der Waals surface area contributed by atoms with Crippen molar-refractivity contribution in [2.24, 2.45) is 5.41 Å². The van der Waals surface area contributed by atoms with Crippen LogP contribution in [-0.2, 0) is 6.54 Å². The summed E-state index contributed by atoms with van der Waals surface area (Å²) in [5, 5.41) is 4.59. The number of rotatable bonds is 2. The Kier molecular flexibility index (Phi) is 4.19. The van der Waals surface area contributed by atoms with Crippen molar-refractivity contribution < 1.29 is 4.39 Å². The van der Waals surface area contributed by atoms with Crippen LogP contribution in [0.2, 0.25) is 0 Å². The van der Waals surface area contributed by atoms with E-state index >= 15 is 0 Å². The topological polar surface area (TPSA) is 28.2 Å². The van der Waals surface area contributed by atoms with Gasteiger partial charge in [-0.1, -0.05) is 0 Å². The minimum absolute atomic E-state index is 0. The summed E-state index contributed by atoms with van der Waals surface area (Å²) in [5.74, 6) is -0.176. The third kappa shape index (κ3) is 2.93. The standard InChI is InChI=1S/C15H18FN3S.ClH/c16-11-1-2-12-13(7-11)20-14(18-12)8-19-6-4-15(10-19)3-5-17-9-15;/h1-2,7,17H,3-6,8-10H2;1H. The van der Waals surface area contributed by atoms with E-state index in [1.54, 1.807) is 23.5 Å². The number of fused-ring (bicyclic) bond motifs is 1. The molecule has 0 bridgehead atoms. The fourth-order valence-electron chi connectivity index (χ4n) is 3.51. The molecule has 1 aromatic heterocycles. The Labute approximate surface area is 134 Å². The molecule has 114 valence electrons. The van der Waals surface area contributed by atoms with Crippen molar-refractivity contribution in [3.63, 3.8) is 0 Å². The van der Waals surface area contributed by atoms with E-state index in [4.69, 9.17) is 0 Å². The number of halogens is 2. The lowest BCUT2D eigenvalue weighted by atomic mass is 9.87. The number of nitrogens with zero attached hydrogens (tertiary/aromatic N) is 2. The highest BCUT2D eigenvalue weighted by Gasteiger charge is 2.40. The molecule has 2 aliphatic heterocycles. The Hall–Kier alpha value is -0.750. The number of hydrogen-bond donors (Lipinski definition) is 1. The lowest BCUT2D eigenvalue weighted by Crippen LogP contribution is -2.28. The van der Waals surface area contributed by atoms with E-state index in [0.29, 0.717) is 5.41 Å². The highest BCUT2D eigenvalue weighted by Crippen LogP contribution is 2.37. The van der Waals surface area contributed by atoms with Crippen molar-refractivity contribution in [1.82, 2.24) is 15.2 Å². The minimum Gasteiger partial charge on any atom is -0.316 e. The van der Waals surface area contributed by atoms with Crippen molar-refractivity contribution >= 4 is 34.0 Å². The van der Waals surface area contributed by atoms with Crippen molar-refractivity contribution in [2.75, 3.05) is 26.2 Å². The lowest BCUT2D eigenvalue weighted by Gasteiger charge is -2.22. The van der Waals surface area contributed by atoms with Gasteiger partial charge in [-0.15, -0.1) is 23.7 Å². The van der Waals surface area contributed by atoms with Gasteiger partial charge in [0.1, 0.15) is 10.8 Å². The predicted molar refractivity (Wildman–Crippen MR) is 86.6 cm³/mol. The monoisotopic (exact) mass is 327 g/mol. The maximum absolute atomic E-state index is 13.2. The van der Waals surface area contributed by atoms with Gasteiger partial charge in [-0.3, -0.25) is 4.90 Å². The van der Waals surface area contributed by atoms with Crippen LogP contribution in [0.3, 0.4) is 0 Å². The summed E-state index contributed by atoms with van der Waals surface area (Å²) in [6.07, 6.45) is 2.59. The summed E-state index contributed by atoms with van der Waals surface area (Å²) in [6, 6.07) is 4.85. The molecule has 1 aromatic carbocycles. The van der Waals surface area contributed by atoms with Crippen LogP contribution in [0.4, 0.5) is 4.39 Å². The smallest absolute Gasteiger partial charge is 0.124 e. The summed E-state index contributed by atoms with van der Waals surface area (Å²) in [6.45, 7) is 5.56. The van der Waals surface area contributed by atoms with E-state index in [2.05, 4.69) is 15.2 Å². The number of benzene rings is 1. The molecule has 1 atom stereocenters. The summed E-state index contributed by atoms with van der Waals surface area (Å²) >= 11 is 1.62. The summed E-state index contributed by atoms with van der Waals surface area (Å²) < 4.78 is 14.2. The molecule has 2 fully saturated rings. The van der Waals surface area contributed by atoms with E-state index in [-0.39, 0.29) is 18.2 Å². The molecule has 3 heterocycles. The zero-order valence-electron chi connectivity index (χ0n) is 11.8. The third-order valence-corrected chi connectivity index (χ3v) is 5.61. The third-order valence-electron chi connectivity index (χ3n) is 4.60. The molecule has 0 radical (unpaired) electrons. The van der Waals surface area contributed by atoms with Crippen molar-refractivity contribution in [1.29, 1.82) is 0 Å². The van der Waals surface area contributed by atoms with Gasteiger partial charge in [0.15, 0.2) is 0 Å². The molecular formula is C15H19ClFN3S. The predicted octanol–water partition coefficient (Wildman–Crippen LogP) is 3.04. The Morgan fingerprint density at radius 2 is 2.29 bits per heavy atom. The SMILES string of the molecule is Cl.Fc1ccc2nc(CN3CCC4(CCNC4)C3)sc2c1. The maximum atomic E-state index is 13.2. The van der Waals surface area contributed by atoms with Crippen LogP contribution in [0.1, 0.15) is 17.8 Å². The van der Waals surface area contributed by atoms with Gasteiger partial charge in [-0.25, -0.2) is 9.37 Å². The van der Waals surface area contributed by atoms with E-state index in [0.717, 1.165) is 41.4 Å². The largest absolute Gasteiger partial charge is 0.316 e. The molecule has 1 spiro atoms. The Balaban J connectivity index is 0.00000132. The van der Waals surface area contributed by atoms with Crippen molar-refractivity contribution in [3.05, 3.63) is 29.0 Å². The first kappa shape index (κ1) is 15.2. The molecule has 0 aliphatic carbocycles. The highest BCUT2D eigenvalue weighted by atomic mass is 35.5. The first-order valence-electron chi connectivity index (χ1n) is 7.21. The minimum atomic E-state index is -0.176. The second-order valence-electron chi connectivity index (χ2n) is 6.11.